The van der Waals surface area contributed by atoms with E-state index in [0.29, 0.717) is 30.8 Å². The van der Waals surface area contributed by atoms with E-state index < -0.39 is 17.9 Å². The minimum Gasteiger partial charge on any atom is -0.491 e. The molecule has 1 aliphatic heterocycles. The van der Waals surface area contributed by atoms with Crippen molar-refractivity contribution in [3.05, 3.63) is 76.3 Å². The lowest BCUT2D eigenvalue weighted by Gasteiger charge is -2.20. The van der Waals surface area contributed by atoms with Gasteiger partial charge in [-0.05, 0) is 62.8 Å². The Balaban J connectivity index is 0.000000523. The molecule has 1 heterocycles. The zero-order valence-electron chi connectivity index (χ0n) is 25.0. The van der Waals surface area contributed by atoms with Crippen molar-refractivity contribution in [1.29, 1.82) is 5.26 Å². The highest BCUT2D eigenvalue weighted by Gasteiger charge is 2.26. The predicted octanol–water partition coefficient (Wildman–Crippen LogP) is 10.0. The van der Waals surface area contributed by atoms with Crippen LogP contribution in [-0.2, 0) is 11.2 Å². The van der Waals surface area contributed by atoms with Crippen molar-refractivity contribution in [2.24, 2.45) is 0 Å². The molecule has 0 radical (unpaired) electrons. The molecule has 42 heavy (non-hydrogen) atoms. The van der Waals surface area contributed by atoms with E-state index >= 15 is 4.39 Å². The van der Waals surface area contributed by atoms with E-state index in [1.54, 1.807) is 24.3 Å². The summed E-state index contributed by atoms with van der Waals surface area (Å²) >= 11 is 6.40. The third-order valence-corrected chi connectivity index (χ3v) is 6.50. The molecule has 8 heteroatoms. The number of nitriles is 1. The third kappa shape index (κ3) is 10.3. The van der Waals surface area contributed by atoms with E-state index in [-0.39, 0.29) is 33.2 Å². The average molecular weight is 602 g/mol. The van der Waals surface area contributed by atoms with Crippen molar-refractivity contribution >= 4 is 11.6 Å². The Morgan fingerprint density at radius 2 is 1.71 bits per heavy atom. The maximum Gasteiger partial charge on any atom is 0.174 e. The van der Waals surface area contributed by atoms with Crippen LogP contribution < -0.4 is 9.47 Å². The number of halogens is 3. The molecule has 1 atom stereocenters. The van der Waals surface area contributed by atoms with Crippen molar-refractivity contribution in [2.75, 3.05) is 13.2 Å². The Kier molecular flexibility index (Phi) is 15.9. The molecule has 3 aromatic rings. The van der Waals surface area contributed by atoms with Crippen LogP contribution in [0.4, 0.5) is 8.78 Å². The van der Waals surface area contributed by atoms with Gasteiger partial charge in [-0.25, -0.2) is 8.78 Å². The molecule has 5 nitrogen and oxygen atoms in total. The van der Waals surface area contributed by atoms with Gasteiger partial charge < -0.3 is 19.3 Å². The summed E-state index contributed by atoms with van der Waals surface area (Å²) < 4.78 is 46.9. The van der Waals surface area contributed by atoms with E-state index in [1.807, 2.05) is 26.0 Å². The molecule has 0 amide bonds. The fraction of sp³-hybridized carbons (Fsp3) is 0.441. The first-order valence-corrected chi connectivity index (χ1v) is 15.1. The van der Waals surface area contributed by atoms with Gasteiger partial charge in [0, 0.05) is 29.4 Å². The maximum absolute atomic E-state index is 15.6. The monoisotopic (exact) mass is 601 g/mol. The lowest BCUT2D eigenvalue weighted by molar-refractivity contribution is -0.123. The summed E-state index contributed by atoms with van der Waals surface area (Å²) in [5.41, 5.74) is 0.643. The smallest absolute Gasteiger partial charge is 0.174 e. The number of aliphatic hydroxyl groups excluding tert-OH is 1. The van der Waals surface area contributed by atoms with Gasteiger partial charge in [-0.1, -0.05) is 70.3 Å². The summed E-state index contributed by atoms with van der Waals surface area (Å²) in [6.45, 7) is 9.22. The molecule has 228 valence electrons. The second-order valence-corrected chi connectivity index (χ2v) is 10.2. The minimum atomic E-state index is -0.754. The molecule has 1 unspecified atom stereocenters. The van der Waals surface area contributed by atoms with Crippen LogP contribution in [0.25, 0.3) is 11.1 Å². The van der Waals surface area contributed by atoms with E-state index in [1.165, 1.54) is 24.6 Å². The second kappa shape index (κ2) is 19.1. The van der Waals surface area contributed by atoms with Crippen molar-refractivity contribution < 1.29 is 28.1 Å². The Labute approximate surface area is 254 Å². The molecule has 1 aliphatic rings. The lowest BCUT2D eigenvalue weighted by atomic mass is 9.91. The molecular formula is C34H42ClF2NO4. The van der Waals surface area contributed by atoms with Crippen LogP contribution >= 0.6 is 11.6 Å². The predicted molar refractivity (Wildman–Crippen MR) is 164 cm³/mol. The summed E-state index contributed by atoms with van der Waals surface area (Å²) in [5.74, 6) is -0.749. The number of unbranched alkanes of at least 4 members (excludes halogenated alkanes) is 1. The standard InChI is InChI=1S/C26H24ClF2NO2.C5H10O2.C3H8/c1-3-5-11-19-22(32-18-9-7-6-8-10-18)15-20(28)25(27)24(19)23-17(16-30)12-13-21(26(23)29)31-14-4-2;6-5-3-1-2-4-7-5;1-3-2/h6-10,12-13,15H,3-5,11,14H2,1-2H3;5-6H,1-4H2;3H2,1-2H3. The maximum atomic E-state index is 15.6. The number of rotatable bonds is 9. The molecule has 0 aliphatic carbocycles. The van der Waals surface area contributed by atoms with Crippen LogP contribution in [0.15, 0.2) is 48.5 Å². The zero-order chi connectivity index (χ0) is 30.9. The SMILES string of the molecule is CCC.CCCCc1c(Oc2ccccc2)cc(F)c(Cl)c1-c1c(C#N)ccc(OCCC)c1F.OC1CCCCO1. The Hall–Kier alpha value is -3.18. The van der Waals surface area contributed by atoms with E-state index in [2.05, 4.69) is 13.8 Å². The van der Waals surface area contributed by atoms with Gasteiger partial charge in [-0.3, -0.25) is 0 Å². The summed E-state index contributed by atoms with van der Waals surface area (Å²) in [5, 5.41) is 18.1. The fourth-order valence-electron chi connectivity index (χ4n) is 4.15. The minimum absolute atomic E-state index is 0.00635. The normalized spacial score (nSPS) is 14.0. The van der Waals surface area contributed by atoms with Gasteiger partial charge in [-0.2, -0.15) is 5.26 Å². The first-order chi connectivity index (χ1) is 20.3. The summed E-state index contributed by atoms with van der Waals surface area (Å²) in [4.78, 5) is 0. The summed E-state index contributed by atoms with van der Waals surface area (Å²) in [6.07, 6.45) is 6.58. The number of nitrogens with zero attached hydrogens (tertiary/aromatic N) is 1. The van der Waals surface area contributed by atoms with Gasteiger partial charge in [0.25, 0.3) is 0 Å². The topological polar surface area (TPSA) is 71.7 Å². The molecular weight excluding hydrogens is 560 g/mol. The van der Waals surface area contributed by atoms with Crippen LogP contribution in [0.5, 0.6) is 17.2 Å². The second-order valence-electron chi connectivity index (χ2n) is 9.83. The highest BCUT2D eigenvalue weighted by atomic mass is 35.5. The number of benzene rings is 3. The van der Waals surface area contributed by atoms with Crippen LogP contribution in [0.2, 0.25) is 5.02 Å². The van der Waals surface area contributed by atoms with Gasteiger partial charge in [-0.15, -0.1) is 0 Å². The van der Waals surface area contributed by atoms with Gasteiger partial charge in [0.2, 0.25) is 0 Å². The Bertz CT molecular complexity index is 1280. The average Bonchev–Trinajstić information content (AvgIpc) is 2.99. The van der Waals surface area contributed by atoms with E-state index in [0.717, 1.165) is 38.7 Å². The van der Waals surface area contributed by atoms with Crippen LogP contribution in [-0.4, -0.2) is 24.6 Å². The number of para-hydroxylation sites is 1. The van der Waals surface area contributed by atoms with Gasteiger partial charge in [0.15, 0.2) is 17.9 Å². The van der Waals surface area contributed by atoms with Crippen molar-refractivity contribution in [3.63, 3.8) is 0 Å². The first-order valence-electron chi connectivity index (χ1n) is 14.7. The molecule has 1 fully saturated rings. The molecule has 0 saturated carbocycles. The van der Waals surface area contributed by atoms with E-state index in [9.17, 15) is 9.65 Å². The molecule has 1 saturated heterocycles. The zero-order valence-corrected chi connectivity index (χ0v) is 25.8. The molecule has 4 rings (SSSR count). The molecule has 0 spiro atoms. The van der Waals surface area contributed by atoms with Crippen LogP contribution in [0.3, 0.4) is 0 Å². The number of hydrogen-bond acceptors (Lipinski definition) is 5. The molecule has 0 aromatic heterocycles. The number of hydrogen-bond donors (Lipinski definition) is 1. The van der Waals surface area contributed by atoms with Crippen molar-refractivity contribution in [1.82, 2.24) is 0 Å². The number of aliphatic hydroxyl groups is 1. The lowest BCUT2D eigenvalue weighted by Crippen LogP contribution is -2.17. The fourth-order valence-corrected chi connectivity index (χ4v) is 4.41. The quantitative estimate of drug-likeness (QED) is 0.264. The van der Waals surface area contributed by atoms with E-state index in [4.69, 9.17) is 30.9 Å². The molecule has 3 aromatic carbocycles. The first kappa shape index (κ1) is 35.0. The van der Waals surface area contributed by atoms with Crippen molar-refractivity contribution in [3.8, 4) is 34.4 Å². The van der Waals surface area contributed by atoms with Crippen LogP contribution in [0, 0.1) is 23.0 Å². The van der Waals surface area contributed by atoms with Gasteiger partial charge in [0.1, 0.15) is 17.3 Å². The third-order valence-electron chi connectivity index (χ3n) is 6.13. The number of ether oxygens (including phenoxy) is 3. The largest absolute Gasteiger partial charge is 0.491 e. The summed E-state index contributed by atoms with van der Waals surface area (Å²) in [7, 11) is 0. The van der Waals surface area contributed by atoms with Gasteiger partial charge in [0.05, 0.1) is 23.3 Å². The Morgan fingerprint density at radius 3 is 2.26 bits per heavy atom. The Morgan fingerprint density at radius 1 is 1.00 bits per heavy atom. The molecule has 1 N–H and O–H groups in total. The van der Waals surface area contributed by atoms with Crippen molar-refractivity contribution in [2.45, 2.75) is 85.4 Å². The summed E-state index contributed by atoms with van der Waals surface area (Å²) in [6, 6.07) is 15.0. The molecule has 0 bridgehead atoms. The van der Waals surface area contributed by atoms with Gasteiger partial charge >= 0.3 is 0 Å². The van der Waals surface area contributed by atoms with Crippen LogP contribution in [0.1, 0.15) is 83.8 Å². The highest BCUT2D eigenvalue weighted by molar-refractivity contribution is 6.34. The highest BCUT2D eigenvalue weighted by Crippen LogP contribution is 2.44.